The summed E-state index contributed by atoms with van der Waals surface area (Å²) in [4.78, 5) is 16.7. The van der Waals surface area contributed by atoms with Crippen molar-refractivity contribution >= 4 is 30.1 Å². The predicted octanol–water partition coefficient (Wildman–Crippen LogP) is 3.53. The SMILES string of the molecule is O=C(Oc1ccccc1)Oc1ccc2c(c1)SNC=N2. The number of benzene rings is 2. The molecule has 6 heteroatoms. The summed E-state index contributed by atoms with van der Waals surface area (Å²) >= 11 is 1.40. The summed E-state index contributed by atoms with van der Waals surface area (Å²) in [5.41, 5.74) is 0.831. The Morgan fingerprint density at radius 2 is 1.85 bits per heavy atom. The molecule has 0 aliphatic carbocycles. The van der Waals surface area contributed by atoms with Gasteiger partial charge in [-0.1, -0.05) is 18.2 Å². The average molecular weight is 286 g/mol. The van der Waals surface area contributed by atoms with Gasteiger partial charge in [0.15, 0.2) is 0 Å². The first-order valence-electron chi connectivity index (χ1n) is 5.85. The van der Waals surface area contributed by atoms with E-state index in [1.807, 2.05) is 6.07 Å². The van der Waals surface area contributed by atoms with Crippen LogP contribution in [0.2, 0.25) is 0 Å². The first-order chi connectivity index (χ1) is 9.81. The minimum absolute atomic E-state index is 0.413. The number of nitrogens with zero attached hydrogens (tertiary/aromatic N) is 1. The molecule has 0 saturated carbocycles. The summed E-state index contributed by atoms with van der Waals surface area (Å²) in [6.45, 7) is 0. The smallest absolute Gasteiger partial charge is 0.395 e. The maximum Gasteiger partial charge on any atom is 0.519 e. The van der Waals surface area contributed by atoms with Crippen LogP contribution < -0.4 is 14.2 Å². The molecule has 0 atom stereocenters. The fourth-order valence-electron chi connectivity index (χ4n) is 1.63. The maximum atomic E-state index is 11.7. The third-order valence-corrected chi connectivity index (χ3v) is 3.27. The lowest BCUT2D eigenvalue weighted by Crippen LogP contribution is -2.13. The topological polar surface area (TPSA) is 59.9 Å². The Morgan fingerprint density at radius 1 is 1.05 bits per heavy atom. The highest BCUT2D eigenvalue weighted by Crippen LogP contribution is 2.33. The van der Waals surface area contributed by atoms with E-state index in [0.717, 1.165) is 10.6 Å². The normalized spacial score (nSPS) is 12.2. The second-order valence-electron chi connectivity index (χ2n) is 3.87. The average Bonchev–Trinajstić information content (AvgIpc) is 2.48. The zero-order valence-corrected chi connectivity index (χ0v) is 11.1. The van der Waals surface area contributed by atoms with Crippen molar-refractivity contribution in [2.75, 3.05) is 0 Å². The lowest BCUT2D eigenvalue weighted by Gasteiger charge is -2.11. The van der Waals surface area contributed by atoms with Crippen LogP contribution in [0.5, 0.6) is 11.5 Å². The number of nitrogens with one attached hydrogen (secondary N) is 1. The van der Waals surface area contributed by atoms with Gasteiger partial charge in [-0.25, -0.2) is 9.79 Å². The van der Waals surface area contributed by atoms with Gasteiger partial charge in [-0.2, -0.15) is 0 Å². The van der Waals surface area contributed by atoms with Gasteiger partial charge in [-0.05, 0) is 42.3 Å². The standard InChI is InChI=1S/C14H10N2O3S/c17-14(18-10-4-2-1-3-5-10)19-11-6-7-12-13(8-11)20-16-9-15-12/h1-9H,(H,15,16). The first kappa shape index (κ1) is 12.6. The molecule has 20 heavy (non-hydrogen) atoms. The Bertz CT molecular complexity index is 659. The molecule has 3 rings (SSSR count). The third-order valence-electron chi connectivity index (χ3n) is 2.50. The molecule has 0 saturated heterocycles. The molecule has 1 aliphatic rings. The van der Waals surface area contributed by atoms with Gasteiger partial charge in [0.05, 0.1) is 16.9 Å². The van der Waals surface area contributed by atoms with Crippen LogP contribution in [-0.2, 0) is 0 Å². The minimum Gasteiger partial charge on any atom is -0.395 e. The molecule has 0 amide bonds. The van der Waals surface area contributed by atoms with Crippen molar-refractivity contribution in [2.45, 2.75) is 4.90 Å². The first-order valence-corrected chi connectivity index (χ1v) is 6.66. The fourth-order valence-corrected chi connectivity index (χ4v) is 2.27. The fraction of sp³-hybridized carbons (Fsp3) is 0. The van der Waals surface area contributed by atoms with E-state index in [0.29, 0.717) is 11.5 Å². The molecule has 0 spiro atoms. The van der Waals surface area contributed by atoms with E-state index in [1.165, 1.54) is 11.9 Å². The van der Waals surface area contributed by atoms with Gasteiger partial charge in [0, 0.05) is 0 Å². The molecule has 1 N–H and O–H groups in total. The Kier molecular flexibility index (Phi) is 3.56. The molecule has 0 fully saturated rings. The van der Waals surface area contributed by atoms with Gasteiger partial charge >= 0.3 is 6.16 Å². The molecule has 2 aromatic carbocycles. The molecule has 0 unspecified atom stereocenters. The van der Waals surface area contributed by atoms with Gasteiger partial charge in [0.1, 0.15) is 11.5 Å². The number of carbonyl (C=O) groups is 1. The Balaban J connectivity index is 1.69. The van der Waals surface area contributed by atoms with E-state index in [9.17, 15) is 4.79 Å². The number of ether oxygens (including phenoxy) is 2. The van der Waals surface area contributed by atoms with Crippen LogP contribution in [0.25, 0.3) is 0 Å². The quantitative estimate of drug-likeness (QED) is 0.520. The van der Waals surface area contributed by atoms with E-state index in [1.54, 1.807) is 48.8 Å². The van der Waals surface area contributed by atoms with Gasteiger partial charge in [0.2, 0.25) is 0 Å². The minimum atomic E-state index is -0.770. The number of hydrogen-bond donors (Lipinski definition) is 1. The number of aliphatic imine (C=N–C) groups is 1. The van der Waals surface area contributed by atoms with Gasteiger partial charge < -0.3 is 14.2 Å². The van der Waals surface area contributed by atoms with Crippen molar-refractivity contribution in [3.05, 3.63) is 48.5 Å². The highest BCUT2D eigenvalue weighted by atomic mass is 32.2. The second kappa shape index (κ2) is 5.66. The predicted molar refractivity (Wildman–Crippen MR) is 76.7 cm³/mol. The van der Waals surface area contributed by atoms with Crippen LogP contribution in [0.15, 0.2) is 58.4 Å². The van der Waals surface area contributed by atoms with Gasteiger partial charge in [-0.3, -0.25) is 0 Å². The van der Waals surface area contributed by atoms with Crippen LogP contribution in [0.1, 0.15) is 0 Å². The highest BCUT2D eigenvalue weighted by Gasteiger charge is 2.11. The molecule has 0 radical (unpaired) electrons. The number of rotatable bonds is 2. The molecule has 1 aliphatic heterocycles. The van der Waals surface area contributed by atoms with Crippen LogP contribution in [0, 0.1) is 0 Å². The van der Waals surface area contributed by atoms with Gasteiger partial charge in [0.25, 0.3) is 0 Å². The van der Waals surface area contributed by atoms with E-state index < -0.39 is 6.16 Å². The summed E-state index contributed by atoms with van der Waals surface area (Å²) in [5.74, 6) is 0.854. The number of fused-ring (bicyclic) bond motifs is 1. The monoisotopic (exact) mass is 286 g/mol. The van der Waals surface area contributed by atoms with Crippen LogP contribution in [0.4, 0.5) is 10.5 Å². The molecule has 1 heterocycles. The van der Waals surface area contributed by atoms with E-state index in [-0.39, 0.29) is 0 Å². The lowest BCUT2D eigenvalue weighted by molar-refractivity contribution is 0.152. The molecular weight excluding hydrogens is 276 g/mol. The second-order valence-corrected chi connectivity index (χ2v) is 4.75. The summed E-state index contributed by atoms with van der Waals surface area (Å²) in [6, 6.07) is 14.0. The summed E-state index contributed by atoms with van der Waals surface area (Å²) < 4.78 is 13.1. The molecule has 5 nitrogen and oxygen atoms in total. The van der Waals surface area contributed by atoms with E-state index >= 15 is 0 Å². The Labute approximate surface area is 119 Å². The molecule has 0 bridgehead atoms. The van der Waals surface area contributed by atoms with Crippen molar-refractivity contribution in [3.63, 3.8) is 0 Å². The van der Waals surface area contributed by atoms with Crippen LogP contribution >= 0.6 is 11.9 Å². The van der Waals surface area contributed by atoms with Crippen LogP contribution in [-0.4, -0.2) is 12.5 Å². The van der Waals surface area contributed by atoms with Gasteiger partial charge in [-0.15, -0.1) is 0 Å². The summed E-state index contributed by atoms with van der Waals surface area (Å²) in [7, 11) is 0. The number of carbonyl (C=O) groups excluding carboxylic acids is 1. The summed E-state index contributed by atoms with van der Waals surface area (Å²) in [6.07, 6.45) is 0.838. The Hall–Kier alpha value is -2.47. The number of para-hydroxylation sites is 1. The molecule has 2 aromatic rings. The van der Waals surface area contributed by atoms with Crippen molar-refractivity contribution < 1.29 is 14.3 Å². The summed E-state index contributed by atoms with van der Waals surface area (Å²) in [5, 5.41) is 0. The third kappa shape index (κ3) is 2.92. The zero-order chi connectivity index (χ0) is 13.8. The lowest BCUT2D eigenvalue weighted by atomic mass is 10.3. The van der Waals surface area contributed by atoms with Crippen molar-refractivity contribution in [2.24, 2.45) is 4.99 Å². The largest absolute Gasteiger partial charge is 0.519 e. The number of hydrogen-bond acceptors (Lipinski definition) is 6. The van der Waals surface area contributed by atoms with E-state index in [4.69, 9.17) is 9.47 Å². The molecule has 100 valence electrons. The zero-order valence-electron chi connectivity index (χ0n) is 10.3. The van der Waals surface area contributed by atoms with Crippen molar-refractivity contribution in [3.8, 4) is 11.5 Å². The van der Waals surface area contributed by atoms with Crippen molar-refractivity contribution in [1.29, 1.82) is 0 Å². The maximum absolute atomic E-state index is 11.7. The Morgan fingerprint density at radius 3 is 2.70 bits per heavy atom. The van der Waals surface area contributed by atoms with Crippen LogP contribution in [0.3, 0.4) is 0 Å². The molecule has 0 aromatic heterocycles. The van der Waals surface area contributed by atoms with E-state index in [2.05, 4.69) is 9.71 Å². The molecular formula is C14H10N2O3S. The van der Waals surface area contributed by atoms with Crippen molar-refractivity contribution in [1.82, 2.24) is 4.72 Å². The highest BCUT2D eigenvalue weighted by molar-refractivity contribution is 7.98.